The molecule has 1 N–H and O–H groups in total. The van der Waals surface area contributed by atoms with Crippen molar-refractivity contribution in [1.82, 2.24) is 0 Å². The van der Waals surface area contributed by atoms with Crippen LogP contribution in [0.3, 0.4) is 0 Å². The molecular weight excluding hydrogens is 201 g/mol. The number of halogens is 1. The number of nitrogens with one attached hydrogen (secondary N) is 1. The normalized spacial score (nSPS) is 10.1. The van der Waals surface area contributed by atoms with Crippen molar-refractivity contribution in [2.24, 2.45) is 0 Å². The lowest BCUT2D eigenvalue weighted by molar-refractivity contribution is 0.628. The molecule has 0 aliphatic rings. The lowest BCUT2D eigenvalue weighted by Crippen LogP contribution is -2.04. The second-order valence-electron chi connectivity index (χ2n) is 3.58. The summed E-state index contributed by atoms with van der Waals surface area (Å²) in [6.45, 7) is 0.782. The Hall–Kier alpha value is -1.83. The van der Waals surface area contributed by atoms with Crippen molar-refractivity contribution in [2.75, 3.05) is 11.9 Å². The minimum atomic E-state index is -0.235. The van der Waals surface area contributed by atoms with Gasteiger partial charge >= 0.3 is 0 Å². The molecule has 0 bridgehead atoms. The number of hydrogen-bond acceptors (Lipinski definition) is 1. The highest BCUT2D eigenvalue weighted by Gasteiger charge is 1.95. The third kappa shape index (κ3) is 3.09. The molecular formula is C14H13FN. The smallest absolute Gasteiger partial charge is 0.125 e. The summed E-state index contributed by atoms with van der Waals surface area (Å²) in [6, 6.07) is 17.6. The number of hydrogen-bond donors (Lipinski definition) is 1. The molecule has 0 saturated heterocycles. The van der Waals surface area contributed by atoms with E-state index < -0.39 is 0 Å². The van der Waals surface area contributed by atoms with Gasteiger partial charge in [0.05, 0.1) is 0 Å². The summed E-state index contributed by atoms with van der Waals surface area (Å²) < 4.78 is 12.9. The Morgan fingerprint density at radius 2 is 1.94 bits per heavy atom. The molecule has 0 aromatic heterocycles. The molecule has 16 heavy (non-hydrogen) atoms. The molecule has 1 radical (unpaired) electrons. The van der Waals surface area contributed by atoms with Crippen molar-refractivity contribution in [3.63, 3.8) is 0 Å². The fourth-order valence-corrected chi connectivity index (χ4v) is 1.53. The van der Waals surface area contributed by atoms with E-state index in [1.807, 2.05) is 18.2 Å². The highest BCUT2D eigenvalue weighted by Crippen LogP contribution is 2.08. The molecule has 1 nitrogen and oxygen atoms in total. The number of anilines is 1. The van der Waals surface area contributed by atoms with Crippen LogP contribution in [0.25, 0.3) is 0 Å². The molecule has 81 valence electrons. The molecule has 0 amide bonds. The Labute approximate surface area is 94.9 Å². The first kappa shape index (κ1) is 10.7. The summed E-state index contributed by atoms with van der Waals surface area (Å²) in [6.07, 6.45) is 0.922. The third-order valence-corrected chi connectivity index (χ3v) is 2.34. The van der Waals surface area contributed by atoms with Crippen LogP contribution in [0, 0.1) is 11.9 Å². The SMILES string of the molecule is Fc1cc[c]c(NCCc2ccccc2)c1. The zero-order valence-electron chi connectivity index (χ0n) is 8.91. The van der Waals surface area contributed by atoms with Crippen LogP contribution in [-0.2, 0) is 6.42 Å². The van der Waals surface area contributed by atoms with Gasteiger partial charge in [0.1, 0.15) is 5.82 Å². The summed E-state index contributed by atoms with van der Waals surface area (Å²) in [5.41, 5.74) is 1.97. The Morgan fingerprint density at radius 3 is 2.69 bits per heavy atom. The predicted molar refractivity (Wildman–Crippen MR) is 63.9 cm³/mol. The van der Waals surface area contributed by atoms with Crippen LogP contribution in [0.1, 0.15) is 5.56 Å². The van der Waals surface area contributed by atoms with E-state index in [2.05, 4.69) is 23.5 Å². The lowest BCUT2D eigenvalue weighted by atomic mass is 10.1. The van der Waals surface area contributed by atoms with E-state index in [9.17, 15) is 4.39 Å². The maximum Gasteiger partial charge on any atom is 0.125 e. The average molecular weight is 214 g/mol. The molecule has 0 spiro atoms. The molecule has 2 rings (SSSR count). The van der Waals surface area contributed by atoms with Gasteiger partial charge in [0, 0.05) is 18.3 Å². The van der Waals surface area contributed by atoms with Gasteiger partial charge in [-0.1, -0.05) is 30.3 Å². The first-order valence-corrected chi connectivity index (χ1v) is 5.29. The molecule has 2 aromatic rings. The van der Waals surface area contributed by atoms with E-state index in [-0.39, 0.29) is 5.82 Å². The van der Waals surface area contributed by atoms with Crippen molar-refractivity contribution < 1.29 is 4.39 Å². The summed E-state index contributed by atoms with van der Waals surface area (Å²) in [5, 5.41) is 3.14. The van der Waals surface area contributed by atoms with Crippen molar-refractivity contribution >= 4 is 5.69 Å². The summed E-state index contributed by atoms with van der Waals surface area (Å²) in [7, 11) is 0. The zero-order chi connectivity index (χ0) is 11.2. The standard InChI is InChI=1S/C14H13FN/c15-13-7-4-8-14(11-13)16-10-9-12-5-2-1-3-6-12/h1-7,11,16H,9-10H2. The van der Waals surface area contributed by atoms with Crippen molar-refractivity contribution in [1.29, 1.82) is 0 Å². The molecule has 2 heteroatoms. The molecule has 0 aliphatic carbocycles. The molecule has 0 aliphatic heterocycles. The van der Waals surface area contributed by atoms with Crippen molar-refractivity contribution in [3.05, 3.63) is 66.0 Å². The van der Waals surface area contributed by atoms with Gasteiger partial charge in [0.15, 0.2) is 0 Å². The topological polar surface area (TPSA) is 12.0 Å². The fourth-order valence-electron chi connectivity index (χ4n) is 1.53. The molecule has 0 saturated carbocycles. The first-order chi connectivity index (χ1) is 7.84. The monoisotopic (exact) mass is 214 g/mol. The lowest BCUT2D eigenvalue weighted by Gasteiger charge is -2.05. The molecule has 0 heterocycles. The van der Waals surface area contributed by atoms with E-state index in [4.69, 9.17) is 0 Å². The average Bonchev–Trinajstić information content (AvgIpc) is 2.30. The van der Waals surface area contributed by atoms with Crippen LogP contribution in [0.5, 0.6) is 0 Å². The second-order valence-corrected chi connectivity index (χ2v) is 3.58. The van der Waals surface area contributed by atoms with Crippen LogP contribution >= 0.6 is 0 Å². The largest absolute Gasteiger partial charge is 0.384 e. The highest BCUT2D eigenvalue weighted by molar-refractivity contribution is 5.41. The quantitative estimate of drug-likeness (QED) is 0.823. The van der Waals surface area contributed by atoms with E-state index >= 15 is 0 Å². The Kier molecular flexibility index (Phi) is 3.54. The van der Waals surface area contributed by atoms with Gasteiger partial charge in [0.2, 0.25) is 0 Å². The Bertz CT molecular complexity index is 439. The van der Waals surface area contributed by atoms with Crippen LogP contribution in [0.4, 0.5) is 10.1 Å². The highest BCUT2D eigenvalue weighted by atomic mass is 19.1. The molecule has 0 fully saturated rings. The van der Waals surface area contributed by atoms with E-state index in [1.54, 1.807) is 6.07 Å². The third-order valence-electron chi connectivity index (χ3n) is 2.34. The van der Waals surface area contributed by atoms with Gasteiger partial charge in [0.25, 0.3) is 0 Å². The van der Waals surface area contributed by atoms with Gasteiger partial charge in [-0.3, -0.25) is 0 Å². The number of rotatable bonds is 4. The minimum Gasteiger partial charge on any atom is -0.384 e. The van der Waals surface area contributed by atoms with Crippen LogP contribution in [0.2, 0.25) is 0 Å². The van der Waals surface area contributed by atoms with E-state index in [1.165, 1.54) is 17.7 Å². The van der Waals surface area contributed by atoms with Crippen LogP contribution < -0.4 is 5.32 Å². The maximum atomic E-state index is 12.9. The summed E-state index contributed by atoms with van der Waals surface area (Å²) in [5.74, 6) is -0.235. The predicted octanol–water partition coefficient (Wildman–Crippen LogP) is 3.28. The van der Waals surface area contributed by atoms with Gasteiger partial charge < -0.3 is 5.32 Å². The summed E-state index contributed by atoms with van der Waals surface area (Å²) in [4.78, 5) is 0. The van der Waals surface area contributed by atoms with E-state index in [0.29, 0.717) is 5.69 Å². The Morgan fingerprint density at radius 1 is 1.12 bits per heavy atom. The second kappa shape index (κ2) is 5.31. The van der Waals surface area contributed by atoms with Gasteiger partial charge in [-0.05, 0) is 30.2 Å². The molecule has 0 atom stereocenters. The minimum absolute atomic E-state index is 0.235. The van der Waals surface area contributed by atoms with Crippen LogP contribution in [0.15, 0.2) is 48.5 Å². The fraction of sp³-hybridized carbons (Fsp3) is 0.143. The summed E-state index contributed by atoms with van der Waals surface area (Å²) >= 11 is 0. The van der Waals surface area contributed by atoms with E-state index in [0.717, 1.165) is 13.0 Å². The van der Waals surface area contributed by atoms with Gasteiger partial charge in [-0.2, -0.15) is 0 Å². The van der Waals surface area contributed by atoms with Gasteiger partial charge in [-0.15, -0.1) is 0 Å². The van der Waals surface area contributed by atoms with Crippen LogP contribution in [-0.4, -0.2) is 6.54 Å². The first-order valence-electron chi connectivity index (χ1n) is 5.29. The zero-order valence-corrected chi connectivity index (χ0v) is 8.91. The molecule has 2 aromatic carbocycles. The van der Waals surface area contributed by atoms with Crippen molar-refractivity contribution in [3.8, 4) is 0 Å². The molecule has 0 unspecified atom stereocenters. The van der Waals surface area contributed by atoms with Crippen molar-refractivity contribution in [2.45, 2.75) is 6.42 Å². The van der Waals surface area contributed by atoms with Gasteiger partial charge in [-0.25, -0.2) is 4.39 Å². The Balaban J connectivity index is 1.85. The maximum absolute atomic E-state index is 12.9. The number of benzene rings is 2.